The lowest BCUT2D eigenvalue weighted by atomic mass is 10.1. The van der Waals surface area contributed by atoms with Crippen molar-refractivity contribution in [3.8, 4) is 0 Å². The summed E-state index contributed by atoms with van der Waals surface area (Å²) < 4.78 is 23.8. The highest BCUT2D eigenvalue weighted by atomic mass is 32.2. The Balaban J connectivity index is 1.79. The molecule has 0 fully saturated rings. The summed E-state index contributed by atoms with van der Waals surface area (Å²) in [7, 11) is -3.24. The molecule has 5 heteroatoms. The van der Waals surface area contributed by atoms with E-state index >= 15 is 0 Å². The number of carbonyl (C=O) groups excluding carboxylic acids is 1. The molecule has 27 heavy (non-hydrogen) atoms. The van der Waals surface area contributed by atoms with Gasteiger partial charge < -0.3 is 4.90 Å². The lowest BCUT2D eigenvalue weighted by Gasteiger charge is -2.28. The molecule has 0 saturated heterocycles. The van der Waals surface area contributed by atoms with Gasteiger partial charge in [-0.1, -0.05) is 36.4 Å². The second-order valence-corrected chi connectivity index (χ2v) is 9.11. The van der Waals surface area contributed by atoms with Gasteiger partial charge >= 0.3 is 0 Å². The number of aryl methyl sites for hydroxylation is 3. The number of sulfone groups is 1. The normalized spacial score (nSPS) is 17.8. The Bertz CT molecular complexity index is 929. The molecule has 0 aliphatic carbocycles. The molecule has 1 atom stereocenters. The van der Waals surface area contributed by atoms with E-state index in [-0.39, 0.29) is 11.7 Å². The number of rotatable bonds is 6. The van der Waals surface area contributed by atoms with Crippen LogP contribution in [0.15, 0.2) is 60.0 Å². The molecule has 4 nitrogen and oxygen atoms in total. The minimum Gasteiger partial charge on any atom is -0.304 e. The van der Waals surface area contributed by atoms with E-state index in [4.69, 9.17) is 0 Å². The van der Waals surface area contributed by atoms with Crippen LogP contribution < -0.4 is 4.90 Å². The van der Waals surface area contributed by atoms with Crippen molar-refractivity contribution in [3.63, 3.8) is 0 Å². The Morgan fingerprint density at radius 2 is 1.74 bits per heavy atom. The van der Waals surface area contributed by atoms with Gasteiger partial charge in [-0.25, -0.2) is 8.42 Å². The van der Waals surface area contributed by atoms with Gasteiger partial charge in [0.1, 0.15) is 0 Å². The van der Waals surface area contributed by atoms with Gasteiger partial charge in [-0.05, 0) is 61.6 Å². The second-order valence-electron chi connectivity index (χ2n) is 7.17. The van der Waals surface area contributed by atoms with Crippen LogP contribution in [0.2, 0.25) is 0 Å². The first-order chi connectivity index (χ1) is 12.8. The van der Waals surface area contributed by atoms with Crippen LogP contribution in [0.25, 0.3) is 0 Å². The molecular weight excluding hydrogens is 358 g/mol. The van der Waals surface area contributed by atoms with E-state index in [1.54, 1.807) is 11.0 Å². The van der Waals surface area contributed by atoms with Gasteiger partial charge in [0, 0.05) is 17.5 Å². The van der Waals surface area contributed by atoms with E-state index in [1.165, 1.54) is 11.0 Å². The number of hydrogen-bond donors (Lipinski definition) is 0. The summed E-state index contributed by atoms with van der Waals surface area (Å²) in [5.41, 5.74) is 4.07. The molecule has 0 saturated carbocycles. The highest BCUT2D eigenvalue weighted by Crippen LogP contribution is 2.26. The average molecular weight is 384 g/mol. The molecule has 0 N–H and O–H groups in total. The largest absolute Gasteiger partial charge is 0.304 e. The van der Waals surface area contributed by atoms with Crippen molar-refractivity contribution in [1.82, 2.24) is 0 Å². The number of nitrogens with zero attached hydrogens (tertiary/aromatic N) is 1. The third-order valence-electron chi connectivity index (χ3n) is 4.69. The van der Waals surface area contributed by atoms with Gasteiger partial charge in [0.15, 0.2) is 9.84 Å². The van der Waals surface area contributed by atoms with Crippen LogP contribution in [0.5, 0.6) is 0 Å². The predicted molar refractivity (Wildman–Crippen MR) is 109 cm³/mol. The summed E-state index contributed by atoms with van der Waals surface area (Å²) in [4.78, 5) is 14.7. The van der Waals surface area contributed by atoms with Crippen LogP contribution in [0.4, 0.5) is 5.69 Å². The van der Waals surface area contributed by atoms with E-state index in [0.29, 0.717) is 6.42 Å². The molecule has 2 aromatic rings. The summed E-state index contributed by atoms with van der Waals surface area (Å²) >= 11 is 0. The lowest BCUT2D eigenvalue weighted by Crippen LogP contribution is -2.41. The molecule has 1 aliphatic heterocycles. The van der Waals surface area contributed by atoms with E-state index < -0.39 is 15.9 Å². The molecule has 0 spiro atoms. The van der Waals surface area contributed by atoms with Crippen molar-refractivity contribution in [2.24, 2.45) is 0 Å². The summed E-state index contributed by atoms with van der Waals surface area (Å²) in [6, 6.07) is 15.6. The number of carbonyl (C=O) groups is 1. The van der Waals surface area contributed by atoms with E-state index in [2.05, 4.69) is 12.1 Å². The van der Waals surface area contributed by atoms with Crippen molar-refractivity contribution in [2.75, 3.05) is 10.7 Å². The highest BCUT2D eigenvalue weighted by molar-refractivity contribution is 7.94. The van der Waals surface area contributed by atoms with Gasteiger partial charge in [-0.2, -0.15) is 0 Å². The van der Waals surface area contributed by atoms with Crippen LogP contribution in [-0.4, -0.2) is 26.1 Å². The van der Waals surface area contributed by atoms with Crippen LogP contribution in [0.1, 0.15) is 29.5 Å². The minimum atomic E-state index is -3.24. The lowest BCUT2D eigenvalue weighted by molar-refractivity contribution is -0.118. The van der Waals surface area contributed by atoms with Gasteiger partial charge in [-0.3, -0.25) is 4.79 Å². The van der Waals surface area contributed by atoms with E-state index in [9.17, 15) is 13.2 Å². The molecule has 0 bridgehead atoms. The number of benzene rings is 2. The molecule has 1 amide bonds. The molecule has 1 unspecified atom stereocenters. The van der Waals surface area contributed by atoms with Crippen molar-refractivity contribution in [1.29, 1.82) is 0 Å². The highest BCUT2D eigenvalue weighted by Gasteiger charge is 2.31. The van der Waals surface area contributed by atoms with Crippen LogP contribution in [0, 0.1) is 13.8 Å². The van der Waals surface area contributed by atoms with Gasteiger partial charge in [0.05, 0.1) is 11.8 Å². The molecule has 0 radical (unpaired) electrons. The fourth-order valence-electron chi connectivity index (χ4n) is 3.54. The predicted octanol–water partition coefficient (Wildman–Crippen LogP) is 3.97. The Kier molecular flexibility index (Phi) is 5.80. The maximum atomic E-state index is 13.1. The first-order valence-corrected chi connectivity index (χ1v) is 10.9. The van der Waals surface area contributed by atoms with Gasteiger partial charge in [0.25, 0.3) is 0 Å². The number of hydrogen-bond acceptors (Lipinski definition) is 3. The van der Waals surface area contributed by atoms with Gasteiger partial charge in [0.2, 0.25) is 5.91 Å². The van der Waals surface area contributed by atoms with Crippen LogP contribution >= 0.6 is 0 Å². The van der Waals surface area contributed by atoms with Crippen LogP contribution in [0.3, 0.4) is 0 Å². The number of anilines is 1. The Hall–Kier alpha value is -2.40. The average Bonchev–Trinajstić information content (AvgIpc) is 2.94. The molecular formula is C22H25NO3S. The maximum absolute atomic E-state index is 13.1. The molecule has 2 aromatic carbocycles. The third-order valence-corrected chi connectivity index (χ3v) is 6.07. The van der Waals surface area contributed by atoms with Crippen molar-refractivity contribution in [2.45, 2.75) is 39.2 Å². The zero-order chi connectivity index (χ0) is 19.4. The monoisotopic (exact) mass is 383 g/mol. The Morgan fingerprint density at radius 3 is 2.33 bits per heavy atom. The summed E-state index contributed by atoms with van der Waals surface area (Å²) in [5.74, 6) is -0.0904. The quantitative estimate of drug-likeness (QED) is 0.758. The van der Waals surface area contributed by atoms with Crippen molar-refractivity contribution < 1.29 is 13.2 Å². The summed E-state index contributed by atoms with van der Waals surface area (Å²) in [5, 5.41) is 1.23. The fourth-order valence-corrected chi connectivity index (χ4v) is 4.81. The first kappa shape index (κ1) is 19.4. The number of amides is 1. The molecule has 1 heterocycles. The third kappa shape index (κ3) is 5.07. The molecule has 1 aliphatic rings. The zero-order valence-corrected chi connectivity index (χ0v) is 16.6. The topological polar surface area (TPSA) is 54.5 Å². The molecule has 0 aromatic heterocycles. The van der Waals surface area contributed by atoms with E-state index in [0.717, 1.165) is 29.7 Å². The first-order valence-electron chi connectivity index (χ1n) is 9.19. The summed E-state index contributed by atoms with van der Waals surface area (Å²) in [6.07, 6.45) is 3.56. The van der Waals surface area contributed by atoms with Crippen molar-refractivity contribution in [3.05, 3.63) is 76.7 Å². The SMILES string of the molecule is Cc1cc(C)cc(N(C(=O)CCCc2ccccc2)C2C=CS(=O)(=O)C2)c1. The zero-order valence-electron chi connectivity index (χ0n) is 15.8. The minimum absolute atomic E-state index is 0.0392. The smallest absolute Gasteiger partial charge is 0.227 e. The summed E-state index contributed by atoms with van der Waals surface area (Å²) in [6.45, 7) is 3.96. The molecule has 3 rings (SSSR count). The fraction of sp³-hybridized carbons (Fsp3) is 0.318. The Labute approximate surface area is 161 Å². The standard InChI is InChI=1S/C22H25NO3S/c1-17-13-18(2)15-21(14-17)23(20-11-12-27(25,26)16-20)22(24)10-6-9-19-7-4-3-5-8-19/h3-5,7-8,11-15,20H,6,9-10,16H2,1-2H3. The van der Waals surface area contributed by atoms with Crippen LogP contribution in [-0.2, 0) is 21.1 Å². The Morgan fingerprint density at radius 1 is 1.07 bits per heavy atom. The second kappa shape index (κ2) is 8.09. The maximum Gasteiger partial charge on any atom is 0.227 e. The van der Waals surface area contributed by atoms with E-state index in [1.807, 2.05) is 50.2 Å². The van der Waals surface area contributed by atoms with Crippen molar-refractivity contribution >= 4 is 21.4 Å². The molecule has 142 valence electrons. The van der Waals surface area contributed by atoms with Gasteiger partial charge in [-0.15, -0.1) is 0 Å².